The van der Waals surface area contributed by atoms with Gasteiger partial charge in [-0.2, -0.15) is 5.26 Å². The highest BCUT2D eigenvalue weighted by Gasteiger charge is 2.33. The summed E-state index contributed by atoms with van der Waals surface area (Å²) in [4.78, 5) is 18.4. The van der Waals surface area contributed by atoms with Gasteiger partial charge in [-0.25, -0.2) is 8.42 Å². The molecule has 4 rings (SSSR count). The standard InChI is InChI=1S/C20H13ClN4O3S/c21-17-7-8-18(24-29(27,28)15-5-3-13(10-22)4-6-15)16-12-25(20(26)19(16)17)14-2-1-9-23-11-14/h1-9,11,24H,12H2. The fraction of sp³-hybridized carbons (Fsp3) is 0.0500. The monoisotopic (exact) mass is 424 g/mol. The number of fused-ring (bicyclic) bond motifs is 1. The van der Waals surface area contributed by atoms with Crippen molar-refractivity contribution in [3.05, 3.63) is 82.6 Å². The molecule has 0 fully saturated rings. The SMILES string of the molecule is N#Cc1ccc(S(=O)(=O)Nc2ccc(Cl)c3c2CN(c2cccnc2)C3=O)cc1. The largest absolute Gasteiger partial charge is 0.302 e. The molecule has 7 nitrogen and oxygen atoms in total. The topological polar surface area (TPSA) is 103 Å². The van der Waals surface area contributed by atoms with Crippen molar-refractivity contribution in [2.75, 3.05) is 9.62 Å². The van der Waals surface area contributed by atoms with Crippen LogP contribution in [0.25, 0.3) is 0 Å². The Hall–Kier alpha value is -3.41. The molecule has 0 bridgehead atoms. The van der Waals surface area contributed by atoms with Crippen LogP contribution in [0.15, 0.2) is 65.8 Å². The lowest BCUT2D eigenvalue weighted by Crippen LogP contribution is -2.23. The molecule has 0 saturated carbocycles. The lowest BCUT2D eigenvalue weighted by atomic mass is 10.1. The maximum absolute atomic E-state index is 12.9. The molecule has 0 aliphatic carbocycles. The number of nitrogens with zero attached hydrogens (tertiary/aromatic N) is 3. The Morgan fingerprint density at radius 3 is 2.55 bits per heavy atom. The number of hydrogen-bond acceptors (Lipinski definition) is 5. The van der Waals surface area contributed by atoms with Gasteiger partial charge in [0.1, 0.15) is 0 Å². The molecule has 0 unspecified atom stereocenters. The van der Waals surface area contributed by atoms with Gasteiger partial charge in [0.15, 0.2) is 0 Å². The Kier molecular flexibility index (Phi) is 4.70. The van der Waals surface area contributed by atoms with Crippen LogP contribution < -0.4 is 9.62 Å². The highest BCUT2D eigenvalue weighted by atomic mass is 35.5. The van der Waals surface area contributed by atoms with Gasteiger partial charge in [0.05, 0.1) is 51.2 Å². The normalized spacial score (nSPS) is 13.1. The van der Waals surface area contributed by atoms with Gasteiger partial charge in [0, 0.05) is 11.8 Å². The Balaban J connectivity index is 1.71. The second-order valence-electron chi connectivity index (χ2n) is 6.29. The maximum Gasteiger partial charge on any atom is 0.261 e. The third-order valence-electron chi connectivity index (χ3n) is 4.53. The summed E-state index contributed by atoms with van der Waals surface area (Å²) in [6.45, 7) is 0.158. The van der Waals surface area contributed by atoms with Crippen LogP contribution in [0, 0.1) is 11.3 Å². The number of anilines is 2. The van der Waals surface area contributed by atoms with E-state index in [1.165, 1.54) is 41.3 Å². The van der Waals surface area contributed by atoms with E-state index in [0.717, 1.165) is 0 Å². The fourth-order valence-electron chi connectivity index (χ4n) is 3.11. The van der Waals surface area contributed by atoms with E-state index in [2.05, 4.69) is 9.71 Å². The van der Waals surface area contributed by atoms with Crippen LogP contribution in [0.5, 0.6) is 0 Å². The molecular weight excluding hydrogens is 412 g/mol. The van der Waals surface area contributed by atoms with Crippen LogP contribution in [0.4, 0.5) is 11.4 Å². The zero-order valence-electron chi connectivity index (χ0n) is 14.8. The predicted molar refractivity (Wildman–Crippen MR) is 108 cm³/mol. The molecule has 29 heavy (non-hydrogen) atoms. The number of aromatic nitrogens is 1. The van der Waals surface area contributed by atoms with E-state index in [9.17, 15) is 13.2 Å². The van der Waals surface area contributed by atoms with Crippen molar-refractivity contribution in [3.8, 4) is 6.07 Å². The van der Waals surface area contributed by atoms with Crippen molar-refractivity contribution < 1.29 is 13.2 Å². The van der Waals surface area contributed by atoms with Crippen molar-refractivity contribution in [2.45, 2.75) is 11.4 Å². The van der Waals surface area contributed by atoms with Gasteiger partial charge in [-0.05, 0) is 48.5 Å². The van der Waals surface area contributed by atoms with Crippen LogP contribution in [0.3, 0.4) is 0 Å². The Bertz CT molecular complexity index is 1250. The molecule has 1 aromatic heterocycles. The molecule has 9 heteroatoms. The number of amides is 1. The summed E-state index contributed by atoms with van der Waals surface area (Å²) in [5, 5.41) is 9.12. The molecule has 1 amide bonds. The predicted octanol–water partition coefficient (Wildman–Crippen LogP) is 3.57. The molecular formula is C20H13ClN4O3S. The third-order valence-corrected chi connectivity index (χ3v) is 6.23. The number of rotatable bonds is 4. The van der Waals surface area contributed by atoms with E-state index in [1.54, 1.807) is 24.5 Å². The molecule has 1 aliphatic rings. The van der Waals surface area contributed by atoms with Crippen LogP contribution in [0.1, 0.15) is 21.5 Å². The summed E-state index contributed by atoms with van der Waals surface area (Å²) in [5.74, 6) is -0.322. The van der Waals surface area contributed by atoms with Crippen LogP contribution >= 0.6 is 11.6 Å². The molecule has 0 saturated heterocycles. The summed E-state index contributed by atoms with van der Waals surface area (Å²) in [6.07, 6.45) is 3.15. The van der Waals surface area contributed by atoms with Crippen molar-refractivity contribution >= 4 is 38.9 Å². The Morgan fingerprint density at radius 1 is 1.14 bits per heavy atom. The van der Waals surface area contributed by atoms with E-state index in [4.69, 9.17) is 16.9 Å². The number of nitriles is 1. The number of hydrogen-bond donors (Lipinski definition) is 1. The zero-order chi connectivity index (χ0) is 20.6. The lowest BCUT2D eigenvalue weighted by Gasteiger charge is -2.15. The quantitative estimate of drug-likeness (QED) is 0.689. The van der Waals surface area contributed by atoms with Crippen molar-refractivity contribution in [1.82, 2.24) is 4.98 Å². The summed E-state index contributed by atoms with van der Waals surface area (Å²) in [7, 11) is -3.92. The van der Waals surface area contributed by atoms with Crippen LogP contribution in [-0.2, 0) is 16.6 Å². The Morgan fingerprint density at radius 2 is 1.90 bits per heavy atom. The molecule has 0 atom stereocenters. The number of sulfonamides is 1. The second-order valence-corrected chi connectivity index (χ2v) is 8.38. The first kappa shape index (κ1) is 18.9. The van der Waals surface area contributed by atoms with Gasteiger partial charge in [-0.15, -0.1) is 0 Å². The summed E-state index contributed by atoms with van der Waals surface area (Å²) < 4.78 is 28.1. The first-order chi connectivity index (χ1) is 13.9. The minimum Gasteiger partial charge on any atom is -0.302 e. The number of nitrogens with one attached hydrogen (secondary N) is 1. The van der Waals surface area contributed by atoms with Gasteiger partial charge in [0.2, 0.25) is 0 Å². The lowest BCUT2D eigenvalue weighted by molar-refractivity contribution is 0.0996. The average Bonchev–Trinajstić information content (AvgIpc) is 3.09. The minimum atomic E-state index is -3.92. The molecule has 144 valence electrons. The molecule has 1 N–H and O–H groups in total. The van der Waals surface area contributed by atoms with E-state index >= 15 is 0 Å². The Labute approximate surface area is 172 Å². The van der Waals surface area contributed by atoms with Gasteiger partial charge >= 0.3 is 0 Å². The molecule has 1 aliphatic heterocycles. The van der Waals surface area contributed by atoms with Gasteiger partial charge in [-0.3, -0.25) is 14.5 Å². The maximum atomic E-state index is 12.9. The minimum absolute atomic E-state index is 0.00800. The molecule has 2 aromatic carbocycles. The van der Waals surface area contributed by atoms with Crippen molar-refractivity contribution in [2.24, 2.45) is 0 Å². The number of carbonyl (C=O) groups is 1. The first-order valence-corrected chi connectivity index (χ1v) is 10.3. The van der Waals surface area contributed by atoms with Crippen LogP contribution in [0.2, 0.25) is 5.02 Å². The fourth-order valence-corrected chi connectivity index (χ4v) is 4.46. The highest BCUT2D eigenvalue weighted by Crippen LogP contribution is 2.37. The smallest absolute Gasteiger partial charge is 0.261 e. The van der Waals surface area contributed by atoms with Gasteiger partial charge in [0.25, 0.3) is 15.9 Å². The zero-order valence-corrected chi connectivity index (χ0v) is 16.4. The summed E-state index contributed by atoms with van der Waals surface area (Å²) in [6, 6.07) is 14.0. The summed E-state index contributed by atoms with van der Waals surface area (Å²) >= 11 is 6.24. The van der Waals surface area contributed by atoms with Crippen molar-refractivity contribution in [3.63, 3.8) is 0 Å². The highest BCUT2D eigenvalue weighted by molar-refractivity contribution is 7.92. The van der Waals surface area contributed by atoms with Gasteiger partial charge in [-0.1, -0.05) is 11.6 Å². The van der Waals surface area contributed by atoms with E-state index < -0.39 is 10.0 Å². The number of benzene rings is 2. The second kappa shape index (κ2) is 7.20. The average molecular weight is 425 g/mol. The molecule has 0 radical (unpaired) electrons. The van der Waals surface area contributed by atoms with Gasteiger partial charge < -0.3 is 4.90 Å². The summed E-state index contributed by atoms with van der Waals surface area (Å²) in [5.41, 5.74) is 1.97. The molecule has 2 heterocycles. The van der Waals surface area contributed by atoms with E-state index in [0.29, 0.717) is 16.8 Å². The first-order valence-electron chi connectivity index (χ1n) is 8.47. The van der Waals surface area contributed by atoms with E-state index in [-0.39, 0.29) is 33.6 Å². The number of pyridine rings is 1. The number of carbonyl (C=O) groups excluding carboxylic acids is 1. The van der Waals surface area contributed by atoms with Crippen LogP contribution in [-0.4, -0.2) is 19.3 Å². The number of halogens is 1. The van der Waals surface area contributed by atoms with Crippen molar-refractivity contribution in [1.29, 1.82) is 5.26 Å². The third kappa shape index (κ3) is 3.42. The molecule has 0 spiro atoms. The molecule has 3 aromatic rings. The van der Waals surface area contributed by atoms with E-state index in [1.807, 2.05) is 6.07 Å².